The molecule has 0 saturated carbocycles. The van der Waals surface area contributed by atoms with E-state index in [4.69, 9.17) is 9.15 Å². The Bertz CT molecular complexity index is 1060. The van der Waals surface area contributed by atoms with Crippen molar-refractivity contribution >= 4 is 22.5 Å². The maximum absolute atomic E-state index is 12.5. The smallest absolute Gasteiger partial charge is 0.287 e. The summed E-state index contributed by atoms with van der Waals surface area (Å²) >= 11 is 0. The minimum atomic E-state index is -0.221. The topological polar surface area (TPSA) is 68.8 Å². The minimum Gasteiger partial charge on any atom is -0.497 e. The van der Waals surface area contributed by atoms with Gasteiger partial charge in [-0.25, -0.2) is 4.98 Å². The molecule has 3 aromatic heterocycles. The average molecular weight is 349 g/mol. The van der Waals surface area contributed by atoms with Crippen LogP contribution < -0.4 is 10.1 Å². The molecular formula is C20H19N3O3. The number of furan rings is 1. The number of rotatable bonds is 5. The molecule has 3 heterocycles. The number of pyridine rings is 1. The molecule has 1 amide bonds. The first kappa shape index (κ1) is 16.2. The Balaban J connectivity index is 1.46. The van der Waals surface area contributed by atoms with Gasteiger partial charge in [-0.05, 0) is 37.3 Å². The van der Waals surface area contributed by atoms with Crippen LogP contribution in [-0.4, -0.2) is 28.9 Å². The third-order valence-electron chi connectivity index (χ3n) is 4.43. The monoisotopic (exact) mass is 349 g/mol. The Labute approximate surface area is 150 Å². The number of hydrogen-bond donors (Lipinski definition) is 1. The summed E-state index contributed by atoms with van der Waals surface area (Å²) in [6, 6.07) is 11.4. The number of imidazole rings is 1. The van der Waals surface area contributed by atoms with Gasteiger partial charge in [-0.1, -0.05) is 6.07 Å². The molecule has 0 atom stereocenters. The number of ether oxygens (including phenoxy) is 1. The molecule has 132 valence electrons. The van der Waals surface area contributed by atoms with E-state index in [2.05, 4.69) is 10.3 Å². The van der Waals surface area contributed by atoms with Crippen molar-refractivity contribution in [1.29, 1.82) is 0 Å². The van der Waals surface area contributed by atoms with E-state index in [9.17, 15) is 4.79 Å². The van der Waals surface area contributed by atoms with Crippen LogP contribution in [0.4, 0.5) is 0 Å². The highest BCUT2D eigenvalue weighted by Gasteiger charge is 2.17. The molecule has 0 bridgehead atoms. The summed E-state index contributed by atoms with van der Waals surface area (Å²) in [5, 5.41) is 3.79. The lowest BCUT2D eigenvalue weighted by Crippen LogP contribution is -2.25. The molecule has 6 heteroatoms. The molecule has 0 unspecified atom stereocenters. The number of fused-ring (bicyclic) bond motifs is 2. The molecule has 0 spiro atoms. The molecule has 4 rings (SSSR count). The molecule has 0 fully saturated rings. The molecule has 6 nitrogen and oxygen atoms in total. The van der Waals surface area contributed by atoms with Crippen LogP contribution >= 0.6 is 0 Å². The molecule has 0 aliphatic rings. The normalized spacial score (nSPS) is 11.2. The first-order valence-electron chi connectivity index (χ1n) is 8.43. The fourth-order valence-corrected chi connectivity index (χ4v) is 3.04. The predicted molar refractivity (Wildman–Crippen MR) is 98.7 cm³/mol. The molecule has 0 saturated heterocycles. The predicted octanol–water partition coefficient (Wildman–Crippen LogP) is 3.37. The SMILES string of the molecule is COc1ccc2oc(C(=O)NCCc3cn4ccccc4n3)c(C)c2c1. The summed E-state index contributed by atoms with van der Waals surface area (Å²) in [5.41, 5.74) is 3.32. The third kappa shape index (κ3) is 2.90. The Morgan fingerprint density at radius 1 is 1.31 bits per heavy atom. The standard InChI is InChI=1S/C20H19N3O3/c1-13-16-11-15(25-2)6-7-17(16)26-19(13)20(24)21-9-8-14-12-23-10-4-3-5-18(23)22-14/h3-7,10-12H,8-9H2,1-2H3,(H,21,24). The molecule has 0 radical (unpaired) electrons. The van der Waals surface area contributed by atoms with Crippen molar-refractivity contribution in [3.05, 3.63) is 65.8 Å². The Morgan fingerprint density at radius 3 is 3.00 bits per heavy atom. The lowest BCUT2D eigenvalue weighted by Gasteiger charge is -2.02. The lowest BCUT2D eigenvalue weighted by atomic mass is 10.1. The van der Waals surface area contributed by atoms with Gasteiger partial charge in [0.1, 0.15) is 17.0 Å². The maximum Gasteiger partial charge on any atom is 0.287 e. The van der Waals surface area contributed by atoms with E-state index >= 15 is 0 Å². The number of hydrogen-bond acceptors (Lipinski definition) is 4. The largest absolute Gasteiger partial charge is 0.497 e. The summed E-state index contributed by atoms with van der Waals surface area (Å²) < 4.78 is 12.9. The zero-order chi connectivity index (χ0) is 18.1. The first-order valence-corrected chi connectivity index (χ1v) is 8.43. The van der Waals surface area contributed by atoms with E-state index in [1.54, 1.807) is 7.11 Å². The van der Waals surface area contributed by atoms with Gasteiger partial charge >= 0.3 is 0 Å². The quantitative estimate of drug-likeness (QED) is 0.600. The van der Waals surface area contributed by atoms with Crippen LogP contribution in [0.3, 0.4) is 0 Å². The van der Waals surface area contributed by atoms with Crippen LogP contribution in [0.1, 0.15) is 21.8 Å². The van der Waals surface area contributed by atoms with Gasteiger partial charge < -0.3 is 18.9 Å². The van der Waals surface area contributed by atoms with Crippen LogP contribution in [0.25, 0.3) is 16.6 Å². The highest BCUT2D eigenvalue weighted by atomic mass is 16.5. The summed E-state index contributed by atoms with van der Waals surface area (Å²) in [6.45, 7) is 2.37. The molecule has 0 aliphatic carbocycles. The van der Waals surface area contributed by atoms with E-state index in [0.29, 0.717) is 24.3 Å². The average Bonchev–Trinajstić information content (AvgIpc) is 3.22. The van der Waals surface area contributed by atoms with Crippen molar-refractivity contribution in [2.75, 3.05) is 13.7 Å². The number of aromatic nitrogens is 2. The van der Waals surface area contributed by atoms with Crippen LogP contribution in [0.2, 0.25) is 0 Å². The fourth-order valence-electron chi connectivity index (χ4n) is 3.04. The summed E-state index contributed by atoms with van der Waals surface area (Å²) in [7, 11) is 1.61. The van der Waals surface area contributed by atoms with Crippen molar-refractivity contribution in [2.24, 2.45) is 0 Å². The Kier molecular flexibility index (Phi) is 4.08. The molecular weight excluding hydrogens is 330 g/mol. The number of nitrogens with zero attached hydrogens (tertiary/aromatic N) is 2. The Hall–Kier alpha value is -3.28. The van der Waals surface area contributed by atoms with Crippen LogP contribution in [0, 0.1) is 6.92 Å². The van der Waals surface area contributed by atoms with Gasteiger partial charge in [0.05, 0.1) is 12.8 Å². The second-order valence-electron chi connectivity index (χ2n) is 6.12. The lowest BCUT2D eigenvalue weighted by molar-refractivity contribution is 0.0927. The second-order valence-corrected chi connectivity index (χ2v) is 6.12. The summed E-state index contributed by atoms with van der Waals surface area (Å²) in [6.07, 6.45) is 4.58. The third-order valence-corrected chi connectivity index (χ3v) is 4.43. The molecule has 4 aromatic rings. The number of methoxy groups -OCH3 is 1. The van der Waals surface area contributed by atoms with Gasteiger partial charge in [-0.2, -0.15) is 0 Å². The summed E-state index contributed by atoms with van der Waals surface area (Å²) in [5.74, 6) is 0.852. The highest BCUT2D eigenvalue weighted by Crippen LogP contribution is 2.28. The van der Waals surface area contributed by atoms with Gasteiger partial charge in [0.15, 0.2) is 5.76 Å². The van der Waals surface area contributed by atoms with Crippen molar-refractivity contribution in [3.8, 4) is 5.75 Å². The van der Waals surface area contributed by atoms with E-state index in [-0.39, 0.29) is 5.91 Å². The van der Waals surface area contributed by atoms with Crippen LogP contribution in [-0.2, 0) is 6.42 Å². The van der Waals surface area contributed by atoms with E-state index < -0.39 is 0 Å². The summed E-state index contributed by atoms with van der Waals surface area (Å²) in [4.78, 5) is 17.0. The van der Waals surface area contributed by atoms with Crippen molar-refractivity contribution in [3.63, 3.8) is 0 Å². The van der Waals surface area contributed by atoms with Crippen molar-refractivity contribution in [2.45, 2.75) is 13.3 Å². The molecule has 1 aromatic carbocycles. The van der Waals surface area contributed by atoms with E-state index in [0.717, 1.165) is 28.0 Å². The zero-order valence-corrected chi connectivity index (χ0v) is 14.7. The number of carbonyl (C=O) groups is 1. The molecule has 0 aliphatic heterocycles. The fraction of sp³-hybridized carbons (Fsp3) is 0.200. The van der Waals surface area contributed by atoms with Gasteiger partial charge in [-0.3, -0.25) is 4.79 Å². The van der Waals surface area contributed by atoms with Crippen LogP contribution in [0.15, 0.2) is 53.2 Å². The van der Waals surface area contributed by atoms with E-state index in [1.165, 1.54) is 0 Å². The van der Waals surface area contributed by atoms with Gasteiger partial charge in [0, 0.05) is 36.3 Å². The van der Waals surface area contributed by atoms with Gasteiger partial charge in [-0.15, -0.1) is 0 Å². The highest BCUT2D eigenvalue weighted by molar-refractivity contribution is 5.99. The van der Waals surface area contributed by atoms with Crippen LogP contribution in [0.5, 0.6) is 5.75 Å². The number of carbonyl (C=O) groups excluding carboxylic acids is 1. The number of aryl methyl sites for hydroxylation is 1. The minimum absolute atomic E-state index is 0.221. The van der Waals surface area contributed by atoms with Crippen molar-refractivity contribution in [1.82, 2.24) is 14.7 Å². The number of nitrogens with one attached hydrogen (secondary N) is 1. The van der Waals surface area contributed by atoms with Gasteiger partial charge in [0.2, 0.25) is 0 Å². The zero-order valence-electron chi connectivity index (χ0n) is 14.7. The van der Waals surface area contributed by atoms with E-state index in [1.807, 2.05) is 60.1 Å². The molecule has 26 heavy (non-hydrogen) atoms. The Morgan fingerprint density at radius 2 is 2.19 bits per heavy atom. The first-order chi connectivity index (χ1) is 12.7. The number of benzene rings is 1. The number of amides is 1. The maximum atomic E-state index is 12.5. The second kappa shape index (κ2) is 6.55. The molecule has 1 N–H and O–H groups in total. The van der Waals surface area contributed by atoms with Gasteiger partial charge in [0.25, 0.3) is 5.91 Å². The van der Waals surface area contributed by atoms with Crippen molar-refractivity contribution < 1.29 is 13.9 Å².